The second-order valence-corrected chi connectivity index (χ2v) is 5.58. The van der Waals surface area contributed by atoms with E-state index in [1.54, 1.807) is 12.1 Å². The van der Waals surface area contributed by atoms with Crippen LogP contribution in [0.25, 0.3) is 5.69 Å². The first-order valence-corrected chi connectivity index (χ1v) is 7.26. The Morgan fingerprint density at radius 1 is 1.14 bits per heavy atom. The molecule has 5 heteroatoms. The van der Waals surface area contributed by atoms with Crippen molar-refractivity contribution in [1.82, 2.24) is 9.55 Å². The molecule has 0 radical (unpaired) electrons. The lowest BCUT2D eigenvalue weighted by Gasteiger charge is -2.10. The molecule has 0 fully saturated rings. The van der Waals surface area contributed by atoms with Crippen LogP contribution in [-0.2, 0) is 0 Å². The third kappa shape index (κ3) is 2.97. The summed E-state index contributed by atoms with van der Waals surface area (Å²) in [5, 5.41) is 3.04. The van der Waals surface area contributed by atoms with E-state index in [-0.39, 0.29) is 5.82 Å². The molecule has 0 spiro atoms. The first-order chi connectivity index (χ1) is 10.1. The highest BCUT2D eigenvalue weighted by atomic mass is 79.9. The zero-order valence-corrected chi connectivity index (χ0v) is 12.9. The van der Waals surface area contributed by atoms with Gasteiger partial charge in [-0.1, -0.05) is 34.1 Å². The van der Waals surface area contributed by atoms with E-state index in [0.29, 0.717) is 16.1 Å². The van der Waals surface area contributed by atoms with Crippen LogP contribution in [0.4, 0.5) is 16.0 Å². The summed E-state index contributed by atoms with van der Waals surface area (Å²) in [7, 11) is 0. The Balaban J connectivity index is 2.00. The second kappa shape index (κ2) is 5.69. The van der Waals surface area contributed by atoms with Gasteiger partial charge in [0.05, 0.1) is 11.4 Å². The maximum atomic E-state index is 13.9. The topological polar surface area (TPSA) is 29.9 Å². The van der Waals surface area contributed by atoms with E-state index < -0.39 is 0 Å². The van der Waals surface area contributed by atoms with Gasteiger partial charge in [0.25, 0.3) is 0 Å². The van der Waals surface area contributed by atoms with Gasteiger partial charge in [-0.3, -0.25) is 4.57 Å². The lowest BCUT2D eigenvalue weighted by Crippen LogP contribution is -2.02. The summed E-state index contributed by atoms with van der Waals surface area (Å²) in [6, 6.07) is 14.7. The summed E-state index contributed by atoms with van der Waals surface area (Å²) in [6.45, 7) is 1.91. The van der Waals surface area contributed by atoms with Crippen molar-refractivity contribution in [3.8, 4) is 5.69 Å². The number of benzene rings is 2. The molecule has 0 aliphatic heterocycles. The number of halogens is 2. The fourth-order valence-electron chi connectivity index (χ4n) is 2.08. The SMILES string of the molecule is Cc1cn(-c2ccccc2)c(Nc2ccc(Br)cc2F)n1. The monoisotopic (exact) mass is 345 g/mol. The van der Waals surface area contributed by atoms with Gasteiger partial charge in [0.15, 0.2) is 0 Å². The molecule has 0 amide bonds. The molecule has 1 aromatic heterocycles. The van der Waals surface area contributed by atoms with Crippen molar-refractivity contribution >= 4 is 27.6 Å². The molecule has 0 unspecified atom stereocenters. The first kappa shape index (κ1) is 13.8. The Bertz CT molecular complexity index is 768. The number of hydrogen-bond donors (Lipinski definition) is 1. The van der Waals surface area contributed by atoms with E-state index in [1.807, 2.05) is 48.0 Å². The summed E-state index contributed by atoms with van der Waals surface area (Å²) in [6.07, 6.45) is 1.91. The number of nitrogens with zero attached hydrogens (tertiary/aromatic N) is 2. The molecule has 3 aromatic rings. The Morgan fingerprint density at radius 2 is 1.90 bits per heavy atom. The molecule has 0 aliphatic rings. The minimum atomic E-state index is -0.329. The number of hydrogen-bond acceptors (Lipinski definition) is 2. The normalized spacial score (nSPS) is 10.6. The maximum Gasteiger partial charge on any atom is 0.212 e. The number of aromatic nitrogens is 2. The van der Waals surface area contributed by atoms with Crippen LogP contribution < -0.4 is 5.32 Å². The largest absolute Gasteiger partial charge is 0.323 e. The van der Waals surface area contributed by atoms with Gasteiger partial charge >= 0.3 is 0 Å². The van der Waals surface area contributed by atoms with Crippen molar-refractivity contribution in [1.29, 1.82) is 0 Å². The number of rotatable bonds is 3. The van der Waals surface area contributed by atoms with Crippen LogP contribution in [0.2, 0.25) is 0 Å². The molecule has 1 heterocycles. The zero-order chi connectivity index (χ0) is 14.8. The predicted octanol–water partition coefficient (Wildman–Crippen LogP) is 4.83. The fraction of sp³-hybridized carbons (Fsp3) is 0.0625. The maximum absolute atomic E-state index is 13.9. The van der Waals surface area contributed by atoms with Crippen molar-refractivity contribution in [2.45, 2.75) is 6.92 Å². The Labute approximate surface area is 130 Å². The average molecular weight is 346 g/mol. The van der Waals surface area contributed by atoms with Gasteiger partial charge in [-0.05, 0) is 37.3 Å². The van der Waals surface area contributed by atoms with E-state index in [0.717, 1.165) is 11.4 Å². The van der Waals surface area contributed by atoms with Gasteiger partial charge in [-0.15, -0.1) is 0 Å². The molecule has 0 saturated carbocycles. The van der Waals surface area contributed by atoms with Gasteiger partial charge in [0, 0.05) is 16.4 Å². The summed E-state index contributed by atoms with van der Waals surface area (Å²) in [5.74, 6) is 0.254. The minimum absolute atomic E-state index is 0.329. The smallest absolute Gasteiger partial charge is 0.212 e. The highest BCUT2D eigenvalue weighted by Crippen LogP contribution is 2.24. The summed E-state index contributed by atoms with van der Waals surface area (Å²) >= 11 is 3.25. The van der Waals surface area contributed by atoms with Crippen molar-refractivity contribution in [3.63, 3.8) is 0 Å². The second-order valence-electron chi connectivity index (χ2n) is 4.66. The molecule has 0 aliphatic carbocycles. The minimum Gasteiger partial charge on any atom is -0.323 e. The van der Waals surface area contributed by atoms with E-state index in [1.165, 1.54) is 6.07 Å². The van der Waals surface area contributed by atoms with Gasteiger partial charge in [0.2, 0.25) is 5.95 Å². The van der Waals surface area contributed by atoms with Crippen LogP contribution in [-0.4, -0.2) is 9.55 Å². The molecule has 0 atom stereocenters. The summed E-state index contributed by atoms with van der Waals surface area (Å²) in [4.78, 5) is 4.42. The number of imidazole rings is 1. The Kier molecular flexibility index (Phi) is 3.75. The van der Waals surface area contributed by atoms with Gasteiger partial charge in [-0.2, -0.15) is 0 Å². The summed E-state index contributed by atoms with van der Waals surface area (Å²) < 4.78 is 16.5. The van der Waals surface area contributed by atoms with E-state index in [9.17, 15) is 4.39 Å². The molecule has 1 N–H and O–H groups in total. The van der Waals surface area contributed by atoms with Crippen molar-refractivity contribution in [3.05, 3.63) is 70.7 Å². The number of aryl methyl sites for hydroxylation is 1. The van der Waals surface area contributed by atoms with Crippen molar-refractivity contribution in [2.24, 2.45) is 0 Å². The van der Waals surface area contributed by atoms with Crippen LogP contribution in [0, 0.1) is 12.7 Å². The standard InChI is InChI=1S/C16H13BrFN3/c1-11-10-21(13-5-3-2-4-6-13)16(19-11)20-15-8-7-12(17)9-14(15)18/h2-10H,1H3,(H,19,20). The molecular formula is C16H13BrFN3. The number of anilines is 2. The third-order valence-corrected chi connectivity index (χ3v) is 3.53. The predicted molar refractivity (Wildman–Crippen MR) is 85.7 cm³/mol. The van der Waals surface area contributed by atoms with Crippen LogP contribution in [0.1, 0.15) is 5.69 Å². The Hall–Kier alpha value is -2.14. The lowest BCUT2D eigenvalue weighted by atomic mass is 10.3. The Morgan fingerprint density at radius 3 is 2.62 bits per heavy atom. The molecule has 3 rings (SSSR count). The summed E-state index contributed by atoms with van der Waals surface area (Å²) in [5.41, 5.74) is 2.22. The van der Waals surface area contributed by atoms with Gasteiger partial charge in [-0.25, -0.2) is 9.37 Å². The molecule has 106 valence electrons. The fourth-order valence-corrected chi connectivity index (χ4v) is 2.42. The molecule has 0 saturated heterocycles. The van der Waals surface area contributed by atoms with Crippen molar-refractivity contribution < 1.29 is 4.39 Å². The highest BCUT2D eigenvalue weighted by molar-refractivity contribution is 9.10. The molecule has 2 aromatic carbocycles. The van der Waals surface area contributed by atoms with Crippen LogP contribution >= 0.6 is 15.9 Å². The van der Waals surface area contributed by atoms with Crippen LogP contribution in [0.3, 0.4) is 0 Å². The molecular weight excluding hydrogens is 333 g/mol. The van der Waals surface area contributed by atoms with E-state index in [4.69, 9.17) is 0 Å². The zero-order valence-electron chi connectivity index (χ0n) is 11.3. The van der Waals surface area contributed by atoms with E-state index in [2.05, 4.69) is 26.2 Å². The average Bonchev–Trinajstić information content (AvgIpc) is 2.84. The molecule has 3 nitrogen and oxygen atoms in total. The first-order valence-electron chi connectivity index (χ1n) is 6.47. The lowest BCUT2D eigenvalue weighted by molar-refractivity contribution is 0.630. The molecule has 21 heavy (non-hydrogen) atoms. The van der Waals surface area contributed by atoms with Gasteiger partial charge in [0.1, 0.15) is 5.82 Å². The third-order valence-electron chi connectivity index (χ3n) is 3.04. The van der Waals surface area contributed by atoms with E-state index >= 15 is 0 Å². The quantitative estimate of drug-likeness (QED) is 0.736. The number of para-hydroxylation sites is 1. The number of nitrogens with one attached hydrogen (secondary N) is 1. The van der Waals surface area contributed by atoms with Crippen LogP contribution in [0.5, 0.6) is 0 Å². The molecule has 0 bridgehead atoms. The van der Waals surface area contributed by atoms with Gasteiger partial charge < -0.3 is 5.32 Å². The highest BCUT2D eigenvalue weighted by Gasteiger charge is 2.10. The van der Waals surface area contributed by atoms with Crippen molar-refractivity contribution in [2.75, 3.05) is 5.32 Å². The van der Waals surface area contributed by atoms with Crippen LogP contribution in [0.15, 0.2) is 59.2 Å².